The van der Waals surface area contributed by atoms with Crippen LogP contribution in [0.4, 0.5) is 0 Å². The third-order valence-corrected chi connectivity index (χ3v) is 3.83. The smallest absolute Gasteiger partial charge is 0.225 e. The van der Waals surface area contributed by atoms with E-state index in [0.717, 1.165) is 18.7 Å². The predicted molar refractivity (Wildman–Crippen MR) is 73.5 cm³/mol. The minimum absolute atomic E-state index is 0.0163. The molecular weight excluding hydrogens is 248 g/mol. The molecule has 1 heterocycles. The molecule has 0 bridgehead atoms. The van der Waals surface area contributed by atoms with Gasteiger partial charge in [0.25, 0.3) is 0 Å². The molecule has 0 spiro atoms. The summed E-state index contributed by atoms with van der Waals surface area (Å²) in [6.07, 6.45) is 0. The summed E-state index contributed by atoms with van der Waals surface area (Å²) in [5, 5.41) is 7.02. The first-order valence-corrected chi connectivity index (χ1v) is 6.72. The molecule has 0 aliphatic carbocycles. The Balaban J connectivity index is 1.96. The molecule has 1 aromatic carbocycles. The fraction of sp³-hybridized carbons (Fsp3) is 0.500. The van der Waals surface area contributed by atoms with Crippen LogP contribution >= 0.6 is 11.6 Å². The second-order valence-corrected chi connectivity index (χ2v) is 5.46. The lowest BCUT2D eigenvalue weighted by molar-refractivity contribution is -0.126. The lowest BCUT2D eigenvalue weighted by Gasteiger charge is -2.19. The Kier molecular flexibility index (Phi) is 4.25. The van der Waals surface area contributed by atoms with Gasteiger partial charge in [-0.3, -0.25) is 4.79 Å². The second-order valence-electron chi connectivity index (χ2n) is 5.02. The highest BCUT2D eigenvalue weighted by molar-refractivity contribution is 6.30. The molecule has 3 nitrogen and oxygen atoms in total. The molecule has 1 aliphatic heterocycles. The van der Waals surface area contributed by atoms with Gasteiger partial charge in [-0.15, -0.1) is 0 Å². The topological polar surface area (TPSA) is 41.1 Å². The third-order valence-electron chi connectivity index (χ3n) is 3.58. The summed E-state index contributed by atoms with van der Waals surface area (Å²) >= 11 is 5.85. The lowest BCUT2D eigenvalue weighted by Crippen LogP contribution is -2.35. The number of hydrogen-bond acceptors (Lipinski definition) is 2. The summed E-state index contributed by atoms with van der Waals surface area (Å²) in [6, 6.07) is 7.61. The van der Waals surface area contributed by atoms with Crippen LogP contribution in [0, 0.1) is 11.8 Å². The SMILES string of the molecule is C[C@@H]1CNC[C@H]1C(=O)N[C@H](C)c1ccc(Cl)cc1. The standard InChI is InChI=1S/C14H19ClN2O/c1-9-7-16-8-13(9)14(18)17-10(2)11-3-5-12(15)6-4-11/h3-6,9-10,13,16H,7-8H2,1-2H3,(H,17,18)/t9-,10-,13-/m1/s1. The molecule has 0 aromatic heterocycles. The van der Waals surface area contributed by atoms with E-state index in [1.54, 1.807) is 0 Å². The van der Waals surface area contributed by atoms with Crippen molar-refractivity contribution in [3.8, 4) is 0 Å². The average Bonchev–Trinajstić information content (AvgIpc) is 2.76. The van der Waals surface area contributed by atoms with Crippen molar-refractivity contribution in [1.82, 2.24) is 10.6 Å². The van der Waals surface area contributed by atoms with E-state index in [1.165, 1.54) is 0 Å². The normalized spacial score (nSPS) is 24.8. The first kappa shape index (κ1) is 13.4. The Bertz CT molecular complexity index is 418. The molecule has 1 aromatic rings. The zero-order valence-corrected chi connectivity index (χ0v) is 11.5. The van der Waals surface area contributed by atoms with E-state index in [0.29, 0.717) is 10.9 Å². The van der Waals surface area contributed by atoms with Gasteiger partial charge in [-0.2, -0.15) is 0 Å². The van der Waals surface area contributed by atoms with Crippen molar-refractivity contribution in [2.45, 2.75) is 19.9 Å². The van der Waals surface area contributed by atoms with Crippen LogP contribution in [0.25, 0.3) is 0 Å². The number of rotatable bonds is 3. The molecular formula is C14H19ClN2O. The number of nitrogens with one attached hydrogen (secondary N) is 2. The van der Waals surface area contributed by atoms with Gasteiger partial charge in [-0.25, -0.2) is 0 Å². The maximum absolute atomic E-state index is 12.1. The summed E-state index contributed by atoms with van der Waals surface area (Å²) in [5.41, 5.74) is 1.08. The Morgan fingerprint density at radius 1 is 1.39 bits per heavy atom. The van der Waals surface area contributed by atoms with Crippen LogP contribution in [0.5, 0.6) is 0 Å². The van der Waals surface area contributed by atoms with Crippen molar-refractivity contribution < 1.29 is 4.79 Å². The van der Waals surface area contributed by atoms with Crippen molar-refractivity contribution >= 4 is 17.5 Å². The number of carbonyl (C=O) groups is 1. The van der Waals surface area contributed by atoms with E-state index >= 15 is 0 Å². The quantitative estimate of drug-likeness (QED) is 0.882. The number of benzene rings is 1. The highest BCUT2D eigenvalue weighted by atomic mass is 35.5. The van der Waals surface area contributed by atoms with Crippen LogP contribution in [0.2, 0.25) is 5.02 Å². The molecule has 2 rings (SSSR count). The van der Waals surface area contributed by atoms with Gasteiger partial charge in [-0.1, -0.05) is 30.7 Å². The van der Waals surface area contributed by atoms with Gasteiger partial charge in [0.2, 0.25) is 5.91 Å². The van der Waals surface area contributed by atoms with E-state index in [-0.39, 0.29) is 17.9 Å². The highest BCUT2D eigenvalue weighted by Crippen LogP contribution is 2.19. The average molecular weight is 267 g/mol. The summed E-state index contributed by atoms with van der Waals surface area (Å²) in [6.45, 7) is 5.80. The van der Waals surface area contributed by atoms with Gasteiger partial charge >= 0.3 is 0 Å². The zero-order valence-electron chi connectivity index (χ0n) is 10.7. The summed E-state index contributed by atoms with van der Waals surface area (Å²) in [7, 11) is 0. The fourth-order valence-electron chi connectivity index (χ4n) is 2.32. The van der Waals surface area contributed by atoms with Gasteiger partial charge in [-0.05, 0) is 37.1 Å². The molecule has 0 saturated carbocycles. The van der Waals surface area contributed by atoms with Crippen LogP contribution in [0.3, 0.4) is 0 Å². The lowest BCUT2D eigenvalue weighted by atomic mass is 9.96. The molecule has 0 radical (unpaired) electrons. The molecule has 1 amide bonds. The Labute approximate surface area is 113 Å². The summed E-state index contributed by atoms with van der Waals surface area (Å²) < 4.78 is 0. The van der Waals surface area contributed by atoms with Crippen LogP contribution in [-0.2, 0) is 4.79 Å². The van der Waals surface area contributed by atoms with Crippen molar-refractivity contribution in [1.29, 1.82) is 0 Å². The first-order valence-electron chi connectivity index (χ1n) is 6.34. The maximum atomic E-state index is 12.1. The largest absolute Gasteiger partial charge is 0.349 e. The molecule has 0 unspecified atom stereocenters. The van der Waals surface area contributed by atoms with E-state index in [2.05, 4.69) is 17.6 Å². The Morgan fingerprint density at radius 2 is 2.06 bits per heavy atom. The molecule has 1 aliphatic rings. The van der Waals surface area contributed by atoms with Crippen molar-refractivity contribution in [2.75, 3.05) is 13.1 Å². The van der Waals surface area contributed by atoms with Gasteiger partial charge < -0.3 is 10.6 Å². The first-order chi connectivity index (χ1) is 8.58. The zero-order chi connectivity index (χ0) is 13.1. The Hall–Kier alpha value is -1.06. The van der Waals surface area contributed by atoms with E-state index in [4.69, 9.17) is 11.6 Å². The molecule has 18 heavy (non-hydrogen) atoms. The second kappa shape index (κ2) is 5.72. The van der Waals surface area contributed by atoms with E-state index in [1.807, 2.05) is 31.2 Å². The van der Waals surface area contributed by atoms with Crippen LogP contribution in [-0.4, -0.2) is 19.0 Å². The van der Waals surface area contributed by atoms with E-state index < -0.39 is 0 Å². The summed E-state index contributed by atoms with van der Waals surface area (Å²) in [4.78, 5) is 12.1. The highest BCUT2D eigenvalue weighted by Gasteiger charge is 2.30. The Morgan fingerprint density at radius 3 is 2.61 bits per heavy atom. The van der Waals surface area contributed by atoms with Crippen molar-refractivity contribution in [3.05, 3.63) is 34.9 Å². The van der Waals surface area contributed by atoms with E-state index in [9.17, 15) is 4.79 Å². The number of hydrogen-bond donors (Lipinski definition) is 2. The van der Waals surface area contributed by atoms with Gasteiger partial charge in [0, 0.05) is 11.6 Å². The van der Waals surface area contributed by atoms with Gasteiger partial charge in [0.05, 0.1) is 12.0 Å². The molecule has 3 atom stereocenters. The predicted octanol–water partition coefficient (Wildman–Crippen LogP) is 2.37. The summed E-state index contributed by atoms with van der Waals surface area (Å²) in [5.74, 6) is 0.622. The van der Waals surface area contributed by atoms with Crippen LogP contribution < -0.4 is 10.6 Å². The number of halogens is 1. The number of amides is 1. The molecule has 98 valence electrons. The number of carbonyl (C=O) groups excluding carboxylic acids is 1. The minimum atomic E-state index is 0.0163. The van der Waals surface area contributed by atoms with Crippen LogP contribution in [0.15, 0.2) is 24.3 Å². The van der Waals surface area contributed by atoms with Gasteiger partial charge in [0.15, 0.2) is 0 Å². The maximum Gasteiger partial charge on any atom is 0.225 e. The molecule has 4 heteroatoms. The molecule has 1 saturated heterocycles. The fourth-order valence-corrected chi connectivity index (χ4v) is 2.44. The van der Waals surface area contributed by atoms with Crippen molar-refractivity contribution in [3.63, 3.8) is 0 Å². The molecule has 2 N–H and O–H groups in total. The monoisotopic (exact) mass is 266 g/mol. The minimum Gasteiger partial charge on any atom is -0.349 e. The third kappa shape index (κ3) is 3.03. The van der Waals surface area contributed by atoms with Crippen LogP contribution in [0.1, 0.15) is 25.5 Å². The van der Waals surface area contributed by atoms with Gasteiger partial charge in [0.1, 0.15) is 0 Å². The van der Waals surface area contributed by atoms with Crippen molar-refractivity contribution in [2.24, 2.45) is 11.8 Å². The molecule has 1 fully saturated rings.